The molecule has 0 radical (unpaired) electrons. The van der Waals surface area contributed by atoms with Gasteiger partial charge in [-0.1, -0.05) is 19.1 Å². The van der Waals surface area contributed by atoms with Gasteiger partial charge in [0.1, 0.15) is 5.75 Å². The molecule has 1 aliphatic rings. The van der Waals surface area contributed by atoms with Crippen LogP contribution in [0.1, 0.15) is 38.6 Å². The summed E-state index contributed by atoms with van der Waals surface area (Å²) in [5.74, 6) is 1.11. The summed E-state index contributed by atoms with van der Waals surface area (Å²) in [5.41, 5.74) is 10.7. The molecular formula is C26H29N5O4S. The molecule has 4 aromatic rings. The zero-order valence-corrected chi connectivity index (χ0v) is 21.1. The number of anilines is 2. The lowest BCUT2D eigenvalue weighted by atomic mass is 9.92. The Balaban J connectivity index is 1.53. The SMILES string of the molecule is CCCS(=O)(=O)Nc1ccc(-c2c(N)c3ccc(Oc4nccc(OC)n4)cc3n2C2CCC2)cc1. The maximum atomic E-state index is 12.2. The van der Waals surface area contributed by atoms with Gasteiger partial charge in [0.25, 0.3) is 0 Å². The van der Waals surface area contributed by atoms with Crippen LogP contribution in [0.4, 0.5) is 11.4 Å². The van der Waals surface area contributed by atoms with Crippen LogP contribution in [0.25, 0.3) is 22.2 Å². The molecule has 0 saturated heterocycles. The first-order valence-corrected chi connectivity index (χ1v) is 13.6. The van der Waals surface area contributed by atoms with Crippen molar-refractivity contribution in [2.75, 3.05) is 23.3 Å². The van der Waals surface area contributed by atoms with Gasteiger partial charge in [-0.2, -0.15) is 4.98 Å². The molecule has 0 bridgehead atoms. The molecule has 1 saturated carbocycles. The van der Waals surface area contributed by atoms with Gasteiger partial charge < -0.3 is 19.8 Å². The number of rotatable bonds is 9. The molecule has 2 aromatic heterocycles. The average Bonchev–Trinajstić information content (AvgIpc) is 3.10. The van der Waals surface area contributed by atoms with Gasteiger partial charge in [-0.3, -0.25) is 4.72 Å². The number of nitrogens with zero attached hydrogens (tertiary/aromatic N) is 3. The Morgan fingerprint density at radius 3 is 2.58 bits per heavy atom. The minimum atomic E-state index is -3.35. The second-order valence-corrected chi connectivity index (χ2v) is 10.7. The zero-order chi connectivity index (χ0) is 25.3. The Labute approximate surface area is 210 Å². The smallest absolute Gasteiger partial charge is 0.325 e. The average molecular weight is 508 g/mol. The number of hydrogen-bond acceptors (Lipinski definition) is 7. The van der Waals surface area contributed by atoms with Crippen LogP contribution in [0.5, 0.6) is 17.6 Å². The molecule has 0 atom stereocenters. The monoisotopic (exact) mass is 507 g/mol. The summed E-state index contributed by atoms with van der Waals surface area (Å²) in [6, 6.07) is 15.3. The Morgan fingerprint density at radius 1 is 1.14 bits per heavy atom. The van der Waals surface area contributed by atoms with E-state index in [1.54, 1.807) is 31.5 Å². The lowest BCUT2D eigenvalue weighted by Gasteiger charge is -2.30. The van der Waals surface area contributed by atoms with E-state index in [-0.39, 0.29) is 11.8 Å². The molecule has 0 aliphatic heterocycles. The van der Waals surface area contributed by atoms with Crippen LogP contribution >= 0.6 is 0 Å². The van der Waals surface area contributed by atoms with Crippen LogP contribution in [0, 0.1) is 0 Å². The molecule has 1 fully saturated rings. The summed E-state index contributed by atoms with van der Waals surface area (Å²) >= 11 is 0. The maximum absolute atomic E-state index is 12.2. The zero-order valence-electron chi connectivity index (χ0n) is 20.3. The highest BCUT2D eigenvalue weighted by atomic mass is 32.2. The summed E-state index contributed by atoms with van der Waals surface area (Å²) < 4.78 is 40.3. The Kier molecular flexibility index (Phi) is 6.44. The highest BCUT2D eigenvalue weighted by molar-refractivity contribution is 7.92. The Hall–Kier alpha value is -3.79. The second-order valence-electron chi connectivity index (χ2n) is 8.88. The van der Waals surface area contributed by atoms with Crippen molar-refractivity contribution in [3.63, 3.8) is 0 Å². The standard InChI is InChI=1S/C26H29N5O4S/c1-3-15-36(32,33)30-18-9-7-17(8-10-18)25-24(27)21-12-11-20(16-22(21)31(25)19-5-4-6-19)35-26-28-14-13-23(29-26)34-2/h7-14,16,19,30H,3-6,15,27H2,1-2H3. The van der Waals surface area contributed by atoms with E-state index in [1.807, 2.05) is 37.3 Å². The van der Waals surface area contributed by atoms with Gasteiger partial charge in [0, 0.05) is 41.0 Å². The molecule has 10 heteroatoms. The molecule has 2 aromatic carbocycles. The van der Waals surface area contributed by atoms with E-state index in [0.29, 0.717) is 35.5 Å². The Bertz CT molecular complexity index is 1500. The number of ether oxygens (including phenoxy) is 2. The van der Waals surface area contributed by atoms with Gasteiger partial charge in [0.2, 0.25) is 15.9 Å². The normalized spacial score (nSPS) is 13.9. The van der Waals surface area contributed by atoms with Crippen molar-refractivity contribution in [3.05, 3.63) is 54.7 Å². The third-order valence-corrected chi connectivity index (χ3v) is 7.88. The molecule has 9 nitrogen and oxygen atoms in total. The summed E-state index contributed by atoms with van der Waals surface area (Å²) in [6.07, 6.45) is 5.43. The van der Waals surface area contributed by atoms with Crippen molar-refractivity contribution in [2.45, 2.75) is 38.6 Å². The molecule has 188 valence electrons. The summed E-state index contributed by atoms with van der Waals surface area (Å²) in [6.45, 7) is 1.84. The third kappa shape index (κ3) is 4.68. The minimum Gasteiger partial charge on any atom is -0.481 e. The van der Waals surface area contributed by atoms with Crippen molar-refractivity contribution in [2.24, 2.45) is 0 Å². The van der Waals surface area contributed by atoms with Crippen molar-refractivity contribution in [1.29, 1.82) is 0 Å². The number of nitrogens with two attached hydrogens (primary N) is 1. The van der Waals surface area contributed by atoms with E-state index in [9.17, 15) is 8.42 Å². The molecule has 2 heterocycles. The lowest BCUT2D eigenvalue weighted by Crippen LogP contribution is -2.18. The van der Waals surface area contributed by atoms with Gasteiger partial charge in [0.15, 0.2) is 0 Å². The highest BCUT2D eigenvalue weighted by Gasteiger charge is 2.27. The quantitative estimate of drug-likeness (QED) is 0.313. The fourth-order valence-corrected chi connectivity index (χ4v) is 5.62. The molecule has 0 amide bonds. The van der Waals surface area contributed by atoms with E-state index in [4.69, 9.17) is 15.2 Å². The number of hydrogen-bond donors (Lipinski definition) is 2. The summed E-state index contributed by atoms with van der Waals surface area (Å²) in [7, 11) is -1.81. The number of nitrogens with one attached hydrogen (secondary N) is 1. The van der Waals surface area contributed by atoms with E-state index >= 15 is 0 Å². The van der Waals surface area contributed by atoms with Crippen molar-refractivity contribution >= 4 is 32.3 Å². The van der Waals surface area contributed by atoms with Gasteiger partial charge in [-0.25, -0.2) is 13.4 Å². The number of benzene rings is 2. The number of sulfonamides is 1. The van der Waals surface area contributed by atoms with Gasteiger partial charge in [-0.05, 0) is 49.9 Å². The van der Waals surface area contributed by atoms with Crippen LogP contribution in [-0.2, 0) is 10.0 Å². The topological polar surface area (TPSA) is 121 Å². The first-order chi connectivity index (χ1) is 17.4. The van der Waals surface area contributed by atoms with Crippen LogP contribution in [0.3, 0.4) is 0 Å². The number of nitrogen functional groups attached to an aromatic ring is 1. The first kappa shape index (κ1) is 23.9. The molecule has 0 spiro atoms. The van der Waals surface area contributed by atoms with E-state index in [2.05, 4.69) is 19.3 Å². The van der Waals surface area contributed by atoms with Crippen molar-refractivity contribution in [1.82, 2.24) is 14.5 Å². The predicted molar refractivity (Wildman–Crippen MR) is 141 cm³/mol. The third-order valence-electron chi connectivity index (χ3n) is 6.39. The fraction of sp³-hybridized carbons (Fsp3) is 0.308. The molecular weight excluding hydrogens is 478 g/mol. The highest BCUT2D eigenvalue weighted by Crippen LogP contribution is 2.45. The molecule has 0 unspecified atom stereocenters. The Morgan fingerprint density at radius 2 is 1.92 bits per heavy atom. The van der Waals surface area contributed by atoms with E-state index < -0.39 is 10.0 Å². The number of methoxy groups -OCH3 is 1. The van der Waals surface area contributed by atoms with Crippen LogP contribution in [0.15, 0.2) is 54.7 Å². The van der Waals surface area contributed by atoms with Crippen molar-refractivity contribution in [3.8, 4) is 28.9 Å². The van der Waals surface area contributed by atoms with Crippen LogP contribution < -0.4 is 19.9 Å². The largest absolute Gasteiger partial charge is 0.481 e. The fourth-order valence-electron chi connectivity index (χ4n) is 4.49. The maximum Gasteiger partial charge on any atom is 0.325 e. The second kappa shape index (κ2) is 9.69. The van der Waals surface area contributed by atoms with E-state index in [1.165, 1.54) is 0 Å². The number of aromatic nitrogens is 3. The molecule has 5 rings (SSSR count). The van der Waals surface area contributed by atoms with Crippen molar-refractivity contribution < 1.29 is 17.9 Å². The predicted octanol–water partition coefficient (Wildman–Crippen LogP) is 5.36. The van der Waals surface area contributed by atoms with Gasteiger partial charge >= 0.3 is 6.01 Å². The summed E-state index contributed by atoms with van der Waals surface area (Å²) in [5, 5.41) is 0.934. The minimum absolute atomic E-state index is 0.0861. The molecule has 36 heavy (non-hydrogen) atoms. The lowest BCUT2D eigenvalue weighted by molar-refractivity contribution is 0.324. The van der Waals surface area contributed by atoms with Gasteiger partial charge in [-0.15, -0.1) is 0 Å². The van der Waals surface area contributed by atoms with E-state index in [0.717, 1.165) is 41.4 Å². The van der Waals surface area contributed by atoms with Crippen LogP contribution in [-0.4, -0.2) is 35.8 Å². The van der Waals surface area contributed by atoms with Crippen LogP contribution in [0.2, 0.25) is 0 Å². The number of fused-ring (bicyclic) bond motifs is 1. The summed E-state index contributed by atoms with van der Waals surface area (Å²) in [4.78, 5) is 8.40. The first-order valence-electron chi connectivity index (χ1n) is 12.0. The van der Waals surface area contributed by atoms with Gasteiger partial charge in [0.05, 0.1) is 29.8 Å². The molecule has 1 aliphatic carbocycles. The molecule has 3 N–H and O–H groups in total.